The fourth-order valence-corrected chi connectivity index (χ4v) is 21.9. The van der Waals surface area contributed by atoms with E-state index in [1.807, 2.05) is 94.4 Å². The summed E-state index contributed by atoms with van der Waals surface area (Å²) >= 11 is 4.73. The van der Waals surface area contributed by atoms with Gasteiger partial charge in [0.25, 0.3) is 47.3 Å². The zero-order valence-electron chi connectivity index (χ0n) is 84.3. The maximum absolute atomic E-state index is 14.7. The fraction of sp³-hybridized carbons (Fsp3) is 0.604. The molecule has 7 aliphatic rings. The molecule has 4 saturated heterocycles. The molecule has 15 rings (SSSR count). The van der Waals surface area contributed by atoms with Crippen molar-refractivity contribution >= 4 is 116 Å². The summed E-state index contributed by atoms with van der Waals surface area (Å²) in [6.45, 7) is 45.0. The average molecular weight is 1980 g/mol. The number of amides is 8. The Hall–Kier alpha value is -10.2. The number of hydrogen-bond donors (Lipinski definition) is 12. The van der Waals surface area contributed by atoms with Gasteiger partial charge in [0.2, 0.25) is 0 Å². The predicted molar refractivity (Wildman–Crippen MR) is 544 cm³/mol. The second-order valence-electron chi connectivity index (χ2n) is 42.6. The molecule has 0 bridgehead atoms. The molecule has 8 aromatic heterocycles. The van der Waals surface area contributed by atoms with Crippen LogP contribution in [0.4, 0.5) is 27.7 Å². The highest BCUT2D eigenvalue weighted by atomic mass is 32.1. The van der Waals surface area contributed by atoms with E-state index in [1.165, 1.54) is 46.9 Å². The van der Waals surface area contributed by atoms with Gasteiger partial charge >= 0.3 is 0 Å². The van der Waals surface area contributed by atoms with Crippen LogP contribution in [0.15, 0.2) is 49.1 Å². The summed E-state index contributed by atoms with van der Waals surface area (Å²) in [6.07, 6.45) is 22.6. The Morgan fingerprint density at radius 3 is 0.978 bits per heavy atom. The largest absolute Gasteiger partial charge is 0.389 e. The molecule has 750 valence electrons. The molecular weight excluding hydrogens is 1830 g/mol. The summed E-state index contributed by atoms with van der Waals surface area (Å²) < 4.78 is 14.7. The van der Waals surface area contributed by atoms with Crippen molar-refractivity contribution in [3.05, 3.63) is 114 Å². The zero-order chi connectivity index (χ0) is 101. The van der Waals surface area contributed by atoms with Crippen molar-refractivity contribution in [2.75, 3.05) is 73.6 Å². The molecule has 12 N–H and O–H groups in total. The van der Waals surface area contributed by atoms with Crippen molar-refractivity contribution in [1.82, 2.24) is 80.7 Å². The molecular formula is C101H143FN20O12S4. The van der Waals surface area contributed by atoms with Crippen LogP contribution in [-0.2, 0) is 0 Å². The van der Waals surface area contributed by atoms with E-state index in [2.05, 4.69) is 131 Å². The van der Waals surface area contributed by atoms with Crippen molar-refractivity contribution in [2.45, 2.75) is 337 Å². The van der Waals surface area contributed by atoms with Crippen molar-refractivity contribution in [2.24, 2.45) is 5.92 Å². The number of halogens is 1. The Labute approximate surface area is 826 Å². The summed E-state index contributed by atoms with van der Waals surface area (Å²) in [4.78, 5) is 151. The average Bonchev–Trinajstić information content (AvgIpc) is 1.64. The minimum Gasteiger partial charge on any atom is -0.389 e. The zero-order valence-corrected chi connectivity index (χ0v) is 87.5. The molecule has 3 saturated carbocycles. The molecule has 138 heavy (non-hydrogen) atoms. The second-order valence-corrected chi connectivity index (χ2v) is 46.6. The fourth-order valence-electron chi connectivity index (χ4n) is 17.7. The SMILES string of the molecule is CC[C@H](Nc1cc(C)c(-c2sc(C(=O)NCC(C)(C)O)nc2C(=O)N2CCC[C@@H]2C)cn1)C1CC1.Cc1cc(NC(C)(C)C)ncc1-c1sc(C(=O)NCC(C)(C)O)nc1C(=O)N1CCC[C@@H]1C.Cc1cc(NC(C)(C)C)ncc1-c1sc(C(=O)NCC2(O)CCC2)nc1C(=O)N1CCC[C@@H]1C.Cc1cc(NC2CCCC2(C)F)ncc1-c1sc(C(=O)NCC(C)(C)O)nc1C(=O)N1CCC[C@@H]1C. The first-order valence-electron chi connectivity index (χ1n) is 48.6. The molecule has 3 aliphatic carbocycles. The molecule has 32 nitrogen and oxygen atoms in total. The van der Waals surface area contributed by atoms with Crippen LogP contribution < -0.4 is 42.5 Å². The number of aryl methyl sites for hydroxylation is 4. The van der Waals surface area contributed by atoms with Crippen LogP contribution in [0.3, 0.4) is 0 Å². The Morgan fingerprint density at radius 2 is 0.725 bits per heavy atom. The van der Waals surface area contributed by atoms with E-state index in [1.54, 1.807) is 78.2 Å². The number of likely N-dealkylation sites (tertiary alicyclic amines) is 4. The van der Waals surface area contributed by atoms with Crippen LogP contribution >= 0.6 is 45.3 Å². The summed E-state index contributed by atoms with van der Waals surface area (Å²) in [6, 6.07) is 8.43. The first-order chi connectivity index (χ1) is 64.6. The van der Waals surface area contributed by atoms with Gasteiger partial charge in [-0.15, -0.1) is 45.3 Å². The molecule has 8 aromatic rings. The van der Waals surface area contributed by atoms with Gasteiger partial charge in [0.15, 0.2) is 20.0 Å². The lowest BCUT2D eigenvalue weighted by molar-refractivity contribution is -0.0300. The van der Waals surface area contributed by atoms with Crippen LogP contribution in [0.25, 0.3) is 41.8 Å². The van der Waals surface area contributed by atoms with Crippen molar-refractivity contribution in [3.63, 3.8) is 0 Å². The Bertz CT molecular complexity index is 5730. The predicted octanol–water partition coefficient (Wildman–Crippen LogP) is 16.4. The highest BCUT2D eigenvalue weighted by Gasteiger charge is 2.43. The van der Waals surface area contributed by atoms with Crippen molar-refractivity contribution in [1.29, 1.82) is 0 Å². The number of aromatic nitrogens is 8. The van der Waals surface area contributed by atoms with E-state index >= 15 is 0 Å². The first kappa shape index (κ1) is 107. The number of anilines is 4. The molecule has 7 fully saturated rings. The van der Waals surface area contributed by atoms with E-state index < -0.39 is 45.8 Å². The smallest absolute Gasteiger partial charge is 0.280 e. The number of rotatable bonds is 28. The minimum absolute atomic E-state index is 0.0583. The Balaban J connectivity index is 0.000000165. The lowest BCUT2D eigenvalue weighted by Crippen LogP contribution is -2.47. The third-order valence-corrected chi connectivity index (χ3v) is 30.2. The van der Waals surface area contributed by atoms with Crippen LogP contribution in [0.5, 0.6) is 0 Å². The lowest BCUT2D eigenvalue weighted by Gasteiger charge is -2.36. The number of alkyl halides is 1. The van der Waals surface area contributed by atoms with E-state index in [-0.39, 0.29) is 128 Å². The van der Waals surface area contributed by atoms with Gasteiger partial charge in [-0.05, 0) is 307 Å². The summed E-state index contributed by atoms with van der Waals surface area (Å²) in [5, 5.41) is 65.5. The first-order valence-corrected chi connectivity index (χ1v) is 51.9. The van der Waals surface area contributed by atoms with Gasteiger partial charge in [0, 0.05) is 141 Å². The summed E-state index contributed by atoms with van der Waals surface area (Å²) in [5.74, 6) is 1.37. The van der Waals surface area contributed by atoms with Gasteiger partial charge in [0.1, 0.15) is 51.7 Å². The van der Waals surface area contributed by atoms with E-state index in [9.17, 15) is 63.2 Å². The highest BCUT2D eigenvalue weighted by Crippen LogP contribution is 2.44. The molecule has 7 atom stereocenters. The van der Waals surface area contributed by atoms with Crippen LogP contribution in [-0.4, -0.2) is 255 Å². The molecule has 0 aromatic carbocycles. The van der Waals surface area contributed by atoms with Gasteiger partial charge in [-0.1, -0.05) is 6.92 Å². The Kier molecular flexibility index (Phi) is 34.0. The molecule has 4 aliphatic heterocycles. The standard InChI is InChI=1S/C26H36FN5O3S.C26H37N5O3S.C25H35N5O3S.C24H35N5O3S/c1-15-12-19(30-18-9-6-10-26(18,5)27)28-13-17(15)21-20(24(34)32-11-7-8-16(32)2)31-23(36-21)22(33)29-14-25(3,4)35;1-6-19(17-9-10-17)29-20-12-15(2)18(13-27-20)22-21(25(33)31-11-7-8-16(31)3)30-24(35-22)23(32)28-14-26(4,5)34;1-15-12-18(29-24(3,4)5)26-13-17(15)20-19(23(32)30-11-6-8-16(30)2)28-22(34-20)21(31)27-14-25(33)9-7-10-25;1-14-11-17(28-23(3,4)5)25-12-16(14)19-18(22(31)29-10-8-9-15(29)2)27-21(33-19)20(30)26-13-24(6,7)32/h12-13,16,18,35H,6-11,14H2,1-5H3,(H,28,30)(H,29,33);12-13,16-17,19,34H,6-11,14H2,1-5H3,(H,27,29)(H,28,32);12-13,16,33H,6-11,14H2,1-5H3,(H,26,29)(H,27,31);11-12,15,32H,8-10,13H2,1-7H3,(H,25,28)(H,26,30)/t16-,18?,26?;16-,19-;16-;15-/m0000/s1. The lowest BCUT2D eigenvalue weighted by atomic mass is 9.80. The monoisotopic (exact) mass is 1980 g/mol. The molecule has 37 heteroatoms. The van der Waals surface area contributed by atoms with Gasteiger partial charge in [-0.3, -0.25) is 38.4 Å². The number of pyridine rings is 4. The third-order valence-electron chi connectivity index (χ3n) is 25.9. The molecule has 8 amide bonds. The number of nitrogens with one attached hydrogen (secondary N) is 8. The van der Waals surface area contributed by atoms with Crippen molar-refractivity contribution < 1.29 is 63.2 Å². The number of thiazole rings is 4. The van der Waals surface area contributed by atoms with E-state index in [0.717, 1.165) is 151 Å². The highest BCUT2D eigenvalue weighted by molar-refractivity contribution is 7.18. The molecule has 0 spiro atoms. The number of carbonyl (C=O) groups excluding carboxylic acids is 8. The van der Waals surface area contributed by atoms with Crippen molar-refractivity contribution in [3.8, 4) is 41.8 Å². The second kappa shape index (κ2) is 43.9. The Morgan fingerprint density at radius 1 is 0.428 bits per heavy atom. The van der Waals surface area contributed by atoms with Gasteiger partial charge < -0.3 is 82.6 Å². The maximum Gasteiger partial charge on any atom is 0.280 e. The maximum atomic E-state index is 14.7. The topological polar surface area (TPSA) is 430 Å². The van der Waals surface area contributed by atoms with Crippen LogP contribution in [0.2, 0.25) is 0 Å². The minimum atomic E-state index is -1.27. The van der Waals surface area contributed by atoms with E-state index in [0.29, 0.717) is 93.8 Å². The van der Waals surface area contributed by atoms with Crippen LogP contribution in [0.1, 0.15) is 337 Å². The number of nitrogens with zero attached hydrogens (tertiary/aromatic N) is 12. The van der Waals surface area contributed by atoms with Gasteiger partial charge in [0.05, 0.1) is 48.0 Å². The number of carbonyl (C=O) groups is 8. The summed E-state index contributed by atoms with van der Waals surface area (Å²) in [7, 11) is 0. The normalized spacial score (nSPS) is 20.0. The number of hydrogen-bond acceptors (Lipinski definition) is 28. The quantitative estimate of drug-likeness (QED) is 0.0217. The molecule has 0 radical (unpaired) electrons. The molecule has 2 unspecified atom stereocenters. The number of aliphatic hydroxyl groups is 4. The van der Waals surface area contributed by atoms with Crippen LogP contribution in [0, 0.1) is 33.6 Å². The van der Waals surface area contributed by atoms with Gasteiger partial charge in [-0.2, -0.15) is 0 Å². The van der Waals surface area contributed by atoms with Gasteiger partial charge in [-0.25, -0.2) is 44.3 Å². The molecule has 12 heterocycles. The third kappa shape index (κ3) is 27.8. The summed E-state index contributed by atoms with van der Waals surface area (Å²) in [5.41, 5.74) is 2.40. The van der Waals surface area contributed by atoms with E-state index in [4.69, 9.17) is 0 Å².